The molecular weight excluding hydrogens is 312 g/mol. The van der Waals surface area contributed by atoms with Crippen LogP contribution in [0.3, 0.4) is 0 Å². The van der Waals surface area contributed by atoms with Crippen molar-refractivity contribution >= 4 is 12.2 Å². The van der Waals surface area contributed by atoms with Crippen LogP contribution in [-0.2, 0) is 14.3 Å². The monoisotopic (exact) mass is 328 g/mol. The van der Waals surface area contributed by atoms with Crippen molar-refractivity contribution in [1.29, 1.82) is 0 Å². The minimum Gasteiger partial charge on any atom is -0.466 e. The summed E-state index contributed by atoms with van der Waals surface area (Å²) in [5.41, 5.74) is -1.76. The van der Waals surface area contributed by atoms with Crippen LogP contribution in [0.5, 0.6) is 0 Å². The van der Waals surface area contributed by atoms with Gasteiger partial charge < -0.3 is 24.8 Å². The standard InChI is InChI=1S/C13H16N2O8/c1-22-8(17)2-3-15-4-6(12(20)14-13(15)21)11-10(19)9(18)7(5-16)23-11/h2-4,7,9-11,16,18-19H,5H2,1H3,(H,14,20,21). The van der Waals surface area contributed by atoms with E-state index < -0.39 is 48.2 Å². The Kier molecular flexibility index (Phi) is 5.11. The number of hydrogen-bond acceptors (Lipinski definition) is 8. The van der Waals surface area contributed by atoms with Crippen molar-refractivity contribution in [3.63, 3.8) is 0 Å². The lowest BCUT2D eigenvalue weighted by molar-refractivity contribution is -0.134. The van der Waals surface area contributed by atoms with Crippen LogP contribution in [0.1, 0.15) is 11.7 Å². The van der Waals surface area contributed by atoms with E-state index in [0.717, 1.165) is 30.1 Å². The molecule has 2 heterocycles. The Morgan fingerprint density at radius 1 is 1.43 bits per heavy atom. The van der Waals surface area contributed by atoms with E-state index in [0.29, 0.717) is 0 Å². The molecule has 1 aliphatic rings. The fourth-order valence-electron chi connectivity index (χ4n) is 2.18. The number of nitrogens with zero attached hydrogens (tertiary/aromatic N) is 1. The summed E-state index contributed by atoms with van der Waals surface area (Å²) < 4.78 is 10.5. The van der Waals surface area contributed by atoms with Crippen molar-refractivity contribution < 1.29 is 29.6 Å². The third-order valence-electron chi connectivity index (χ3n) is 3.42. The van der Waals surface area contributed by atoms with Gasteiger partial charge in [-0.3, -0.25) is 14.3 Å². The van der Waals surface area contributed by atoms with E-state index in [1.54, 1.807) is 0 Å². The van der Waals surface area contributed by atoms with Crippen LogP contribution in [0.2, 0.25) is 0 Å². The number of aliphatic hydroxyl groups excluding tert-OH is 3. The average molecular weight is 328 g/mol. The summed E-state index contributed by atoms with van der Waals surface area (Å²) in [6, 6.07) is 0. The second-order valence-corrected chi connectivity index (χ2v) is 4.85. The van der Waals surface area contributed by atoms with E-state index in [2.05, 4.69) is 4.74 Å². The SMILES string of the molecule is COC(=O)C=Cn1cc(C2OC(CO)C(O)C2O)c(=O)[nH]c1=O. The Hall–Kier alpha value is -2.27. The second kappa shape index (κ2) is 6.87. The van der Waals surface area contributed by atoms with Crippen molar-refractivity contribution in [2.75, 3.05) is 13.7 Å². The summed E-state index contributed by atoms with van der Waals surface area (Å²) >= 11 is 0. The summed E-state index contributed by atoms with van der Waals surface area (Å²) in [4.78, 5) is 36.7. The maximum Gasteiger partial charge on any atom is 0.332 e. The lowest BCUT2D eigenvalue weighted by Crippen LogP contribution is -2.35. The van der Waals surface area contributed by atoms with Crippen molar-refractivity contribution in [3.8, 4) is 0 Å². The van der Waals surface area contributed by atoms with E-state index in [4.69, 9.17) is 9.84 Å². The van der Waals surface area contributed by atoms with Gasteiger partial charge in [0.2, 0.25) is 0 Å². The van der Waals surface area contributed by atoms with Gasteiger partial charge in [0.25, 0.3) is 5.56 Å². The molecule has 4 N–H and O–H groups in total. The molecule has 0 bridgehead atoms. The van der Waals surface area contributed by atoms with Crippen molar-refractivity contribution in [2.24, 2.45) is 0 Å². The highest BCUT2D eigenvalue weighted by Gasteiger charge is 2.44. The van der Waals surface area contributed by atoms with Gasteiger partial charge in [-0.2, -0.15) is 0 Å². The van der Waals surface area contributed by atoms with E-state index >= 15 is 0 Å². The highest BCUT2D eigenvalue weighted by molar-refractivity contribution is 5.84. The van der Waals surface area contributed by atoms with Crippen LogP contribution in [0.25, 0.3) is 6.20 Å². The van der Waals surface area contributed by atoms with Gasteiger partial charge in [0.15, 0.2) is 0 Å². The molecule has 0 radical (unpaired) electrons. The van der Waals surface area contributed by atoms with Gasteiger partial charge in [0.05, 0.1) is 19.3 Å². The first-order valence-electron chi connectivity index (χ1n) is 6.63. The number of carbonyl (C=O) groups is 1. The minimum absolute atomic E-state index is 0.137. The van der Waals surface area contributed by atoms with Crippen LogP contribution >= 0.6 is 0 Å². The number of esters is 1. The van der Waals surface area contributed by atoms with Crippen molar-refractivity contribution in [3.05, 3.63) is 38.7 Å². The lowest BCUT2D eigenvalue weighted by atomic mass is 10.0. The molecule has 10 nitrogen and oxygen atoms in total. The van der Waals surface area contributed by atoms with Gasteiger partial charge in [-0.05, 0) is 0 Å². The Balaban J connectivity index is 2.40. The number of ether oxygens (including phenoxy) is 2. The van der Waals surface area contributed by atoms with E-state index in [-0.39, 0.29) is 5.56 Å². The van der Waals surface area contributed by atoms with Crippen LogP contribution in [0.15, 0.2) is 21.9 Å². The highest BCUT2D eigenvalue weighted by atomic mass is 16.6. The van der Waals surface area contributed by atoms with Gasteiger partial charge in [0.1, 0.15) is 24.4 Å². The normalized spacial score (nSPS) is 27.5. The van der Waals surface area contributed by atoms with E-state index in [1.807, 2.05) is 4.98 Å². The van der Waals surface area contributed by atoms with Gasteiger partial charge in [0, 0.05) is 18.5 Å². The quantitative estimate of drug-likeness (QED) is 0.345. The molecule has 0 amide bonds. The molecule has 0 saturated carbocycles. The number of aromatic amines is 1. The van der Waals surface area contributed by atoms with Crippen LogP contribution in [-0.4, -0.2) is 62.9 Å². The fraction of sp³-hybridized carbons (Fsp3) is 0.462. The smallest absolute Gasteiger partial charge is 0.332 e. The topological polar surface area (TPSA) is 151 Å². The molecule has 126 valence electrons. The number of nitrogens with one attached hydrogen (secondary N) is 1. The first kappa shape index (κ1) is 17.1. The molecule has 4 atom stereocenters. The summed E-state index contributed by atoms with van der Waals surface area (Å²) in [7, 11) is 1.16. The molecule has 1 fully saturated rings. The van der Waals surface area contributed by atoms with Gasteiger partial charge >= 0.3 is 11.7 Å². The summed E-state index contributed by atoms with van der Waals surface area (Å²) in [6.45, 7) is -0.547. The zero-order valence-corrected chi connectivity index (χ0v) is 12.1. The Labute approximate surface area is 129 Å². The predicted molar refractivity (Wildman–Crippen MR) is 75.4 cm³/mol. The molecular formula is C13H16N2O8. The number of aromatic nitrogens is 2. The van der Waals surface area contributed by atoms with Crippen molar-refractivity contribution in [2.45, 2.75) is 24.4 Å². The van der Waals surface area contributed by atoms with Gasteiger partial charge in [-0.15, -0.1) is 0 Å². The molecule has 2 rings (SSSR count). The predicted octanol–water partition coefficient (Wildman–Crippen LogP) is -2.67. The minimum atomic E-state index is -1.45. The molecule has 1 aromatic rings. The summed E-state index contributed by atoms with van der Waals surface area (Å²) in [6.07, 6.45) is -2.03. The number of H-pyrrole nitrogens is 1. The Morgan fingerprint density at radius 2 is 2.13 bits per heavy atom. The van der Waals surface area contributed by atoms with Crippen LogP contribution in [0, 0.1) is 0 Å². The first-order chi connectivity index (χ1) is 10.9. The van der Waals surface area contributed by atoms with Gasteiger partial charge in [-0.1, -0.05) is 0 Å². The number of hydrogen-bond donors (Lipinski definition) is 4. The van der Waals surface area contributed by atoms with E-state index in [1.165, 1.54) is 0 Å². The lowest BCUT2D eigenvalue weighted by Gasteiger charge is -2.14. The van der Waals surface area contributed by atoms with Crippen molar-refractivity contribution in [1.82, 2.24) is 9.55 Å². The Bertz CT molecular complexity index is 721. The second-order valence-electron chi connectivity index (χ2n) is 4.85. The summed E-state index contributed by atoms with van der Waals surface area (Å²) in [5, 5.41) is 28.7. The first-order valence-corrected chi connectivity index (χ1v) is 6.63. The average Bonchev–Trinajstić information content (AvgIpc) is 2.81. The van der Waals surface area contributed by atoms with Crippen LogP contribution < -0.4 is 11.2 Å². The molecule has 0 aromatic carbocycles. The molecule has 0 spiro atoms. The zero-order valence-electron chi connectivity index (χ0n) is 12.1. The summed E-state index contributed by atoms with van der Waals surface area (Å²) in [5.74, 6) is -0.711. The van der Waals surface area contributed by atoms with Gasteiger partial charge in [-0.25, -0.2) is 9.59 Å². The highest BCUT2D eigenvalue weighted by Crippen LogP contribution is 2.31. The fourth-order valence-corrected chi connectivity index (χ4v) is 2.18. The van der Waals surface area contributed by atoms with Crippen LogP contribution in [0.4, 0.5) is 0 Å². The molecule has 1 saturated heterocycles. The molecule has 23 heavy (non-hydrogen) atoms. The number of aliphatic hydroxyl groups is 3. The number of methoxy groups -OCH3 is 1. The zero-order chi connectivity index (χ0) is 17.1. The number of rotatable bonds is 4. The number of carbonyl (C=O) groups excluding carboxylic acids is 1. The molecule has 0 aliphatic carbocycles. The largest absolute Gasteiger partial charge is 0.466 e. The maximum atomic E-state index is 11.9. The third-order valence-corrected chi connectivity index (χ3v) is 3.42. The molecule has 1 aliphatic heterocycles. The third kappa shape index (κ3) is 3.40. The molecule has 1 aromatic heterocycles. The Morgan fingerprint density at radius 3 is 2.70 bits per heavy atom. The molecule has 10 heteroatoms. The molecule has 4 unspecified atom stereocenters. The maximum absolute atomic E-state index is 11.9. The van der Waals surface area contributed by atoms with E-state index in [9.17, 15) is 24.6 Å².